The van der Waals surface area contributed by atoms with Gasteiger partial charge in [0.05, 0.1) is 17.4 Å². The summed E-state index contributed by atoms with van der Waals surface area (Å²) < 4.78 is 7.36. The quantitative estimate of drug-likeness (QED) is 0.556. The van der Waals surface area contributed by atoms with Crippen LogP contribution in [-0.2, 0) is 4.74 Å². The summed E-state index contributed by atoms with van der Waals surface area (Å²) in [6.45, 7) is 11.0. The van der Waals surface area contributed by atoms with Crippen molar-refractivity contribution in [2.45, 2.75) is 71.1 Å². The molecule has 1 amide bonds. The predicted octanol–water partition coefficient (Wildman–Crippen LogP) is 4.40. The topological polar surface area (TPSA) is 100 Å². The van der Waals surface area contributed by atoms with Crippen molar-refractivity contribution in [3.05, 3.63) is 42.0 Å². The van der Waals surface area contributed by atoms with Crippen molar-refractivity contribution in [1.82, 2.24) is 24.6 Å². The second-order valence-corrected chi connectivity index (χ2v) is 10.6. The number of piperazine rings is 1. The first-order chi connectivity index (χ1) is 16.7. The molecular weight excluding hydrogens is 442 g/mol. The summed E-state index contributed by atoms with van der Waals surface area (Å²) in [5.74, 6) is 1.38. The molecule has 1 saturated carbocycles. The maximum atomic E-state index is 12.8. The second kappa shape index (κ2) is 8.52. The molecule has 5 rings (SSSR count). The van der Waals surface area contributed by atoms with Gasteiger partial charge in [-0.15, -0.1) is 0 Å². The van der Waals surface area contributed by atoms with Crippen LogP contribution in [0.25, 0.3) is 16.6 Å². The van der Waals surface area contributed by atoms with Crippen molar-refractivity contribution in [2.75, 3.05) is 18.0 Å². The third-order valence-electron chi connectivity index (χ3n) is 6.64. The van der Waals surface area contributed by atoms with Gasteiger partial charge in [0.1, 0.15) is 29.3 Å². The standard InChI is InChI=1S/C26H31N7O2/c1-16-13-32(25(34)35-26(3,4)5)17(2)12-31(16)24-22-20(19-6-7-19)8-9-21(23(22)28-15-29-24)33-14-18(10-27)11-30-33/h8-9,11,14-17,19H,6-7,12-13H2,1-5H3/t16-,17+/m0/s1. The average molecular weight is 474 g/mol. The van der Waals surface area contributed by atoms with Gasteiger partial charge in [-0.2, -0.15) is 10.4 Å². The highest BCUT2D eigenvalue weighted by Gasteiger charge is 2.37. The number of rotatable bonds is 3. The third-order valence-corrected chi connectivity index (χ3v) is 6.64. The summed E-state index contributed by atoms with van der Waals surface area (Å²) in [6, 6.07) is 6.33. The molecule has 0 bridgehead atoms. The van der Waals surface area contributed by atoms with Gasteiger partial charge < -0.3 is 14.5 Å². The van der Waals surface area contributed by atoms with E-state index in [-0.39, 0.29) is 18.2 Å². The highest BCUT2D eigenvalue weighted by Crippen LogP contribution is 2.46. The zero-order valence-corrected chi connectivity index (χ0v) is 20.9. The van der Waals surface area contributed by atoms with E-state index in [1.54, 1.807) is 23.4 Å². The third kappa shape index (κ3) is 4.41. The van der Waals surface area contributed by atoms with Crippen molar-refractivity contribution >= 4 is 22.8 Å². The monoisotopic (exact) mass is 473 g/mol. The van der Waals surface area contributed by atoms with Crippen molar-refractivity contribution in [2.24, 2.45) is 0 Å². The number of benzene rings is 1. The van der Waals surface area contributed by atoms with E-state index in [9.17, 15) is 10.1 Å². The normalized spacial score (nSPS) is 20.7. The highest BCUT2D eigenvalue weighted by atomic mass is 16.6. The Balaban J connectivity index is 1.55. The fourth-order valence-electron chi connectivity index (χ4n) is 4.81. The lowest BCUT2D eigenvalue weighted by molar-refractivity contribution is 0.0130. The van der Waals surface area contributed by atoms with Crippen LogP contribution in [-0.4, -0.2) is 61.5 Å². The number of nitriles is 1. The number of hydrogen-bond acceptors (Lipinski definition) is 7. The number of fused-ring (bicyclic) bond motifs is 1. The summed E-state index contributed by atoms with van der Waals surface area (Å²) in [5, 5.41) is 14.7. The molecule has 0 N–H and O–H groups in total. The van der Waals surface area contributed by atoms with Gasteiger partial charge in [0, 0.05) is 36.8 Å². The van der Waals surface area contributed by atoms with Gasteiger partial charge >= 0.3 is 6.09 Å². The molecule has 1 aliphatic carbocycles. The molecule has 2 aromatic heterocycles. The van der Waals surface area contributed by atoms with Crippen LogP contribution in [0.3, 0.4) is 0 Å². The van der Waals surface area contributed by atoms with Crippen LogP contribution in [0.4, 0.5) is 10.6 Å². The van der Waals surface area contributed by atoms with Crippen molar-refractivity contribution < 1.29 is 9.53 Å². The Morgan fingerprint density at radius 1 is 1.14 bits per heavy atom. The Morgan fingerprint density at radius 2 is 1.91 bits per heavy atom. The Kier molecular flexibility index (Phi) is 5.62. The van der Waals surface area contributed by atoms with E-state index in [1.165, 1.54) is 5.56 Å². The van der Waals surface area contributed by atoms with E-state index in [4.69, 9.17) is 9.72 Å². The van der Waals surface area contributed by atoms with E-state index in [1.807, 2.05) is 38.7 Å². The Labute approximate surface area is 205 Å². The summed E-state index contributed by atoms with van der Waals surface area (Å²) in [4.78, 5) is 26.4. The fraction of sp³-hybridized carbons (Fsp3) is 0.500. The van der Waals surface area contributed by atoms with Gasteiger partial charge in [0.15, 0.2) is 0 Å². The van der Waals surface area contributed by atoms with Crippen LogP contribution in [0.2, 0.25) is 0 Å². The molecule has 3 heterocycles. The fourth-order valence-corrected chi connectivity index (χ4v) is 4.81. The number of amides is 1. The summed E-state index contributed by atoms with van der Waals surface area (Å²) >= 11 is 0. The molecule has 182 valence electrons. The molecule has 0 radical (unpaired) electrons. The van der Waals surface area contributed by atoms with Crippen LogP contribution in [0.1, 0.15) is 64.5 Å². The van der Waals surface area contributed by atoms with Gasteiger partial charge in [-0.3, -0.25) is 0 Å². The van der Waals surface area contributed by atoms with E-state index in [0.29, 0.717) is 24.6 Å². The molecule has 2 fully saturated rings. The smallest absolute Gasteiger partial charge is 0.410 e. The van der Waals surface area contributed by atoms with E-state index in [0.717, 1.165) is 35.2 Å². The zero-order valence-electron chi connectivity index (χ0n) is 20.9. The summed E-state index contributed by atoms with van der Waals surface area (Å²) in [6.07, 6.45) is 6.91. The maximum absolute atomic E-state index is 12.8. The summed E-state index contributed by atoms with van der Waals surface area (Å²) in [7, 11) is 0. The molecule has 35 heavy (non-hydrogen) atoms. The van der Waals surface area contributed by atoms with Crippen LogP contribution in [0, 0.1) is 11.3 Å². The lowest BCUT2D eigenvalue weighted by atomic mass is 10.0. The lowest BCUT2D eigenvalue weighted by Crippen LogP contribution is -2.59. The maximum Gasteiger partial charge on any atom is 0.410 e. The minimum Gasteiger partial charge on any atom is -0.444 e. The predicted molar refractivity (Wildman–Crippen MR) is 133 cm³/mol. The van der Waals surface area contributed by atoms with Gasteiger partial charge in [0.25, 0.3) is 0 Å². The average Bonchev–Trinajstić information content (AvgIpc) is 3.54. The van der Waals surface area contributed by atoms with E-state index >= 15 is 0 Å². The first-order valence-corrected chi connectivity index (χ1v) is 12.2. The number of ether oxygens (including phenoxy) is 1. The highest BCUT2D eigenvalue weighted by molar-refractivity contribution is 5.98. The van der Waals surface area contributed by atoms with Gasteiger partial charge in [-0.05, 0) is 65.0 Å². The molecular formula is C26H31N7O2. The number of carbonyl (C=O) groups excluding carboxylic acids is 1. The van der Waals surface area contributed by atoms with Crippen LogP contribution >= 0.6 is 0 Å². The molecule has 1 saturated heterocycles. The largest absolute Gasteiger partial charge is 0.444 e. The van der Waals surface area contributed by atoms with Gasteiger partial charge in [-0.25, -0.2) is 19.4 Å². The molecule has 1 aromatic carbocycles. The van der Waals surface area contributed by atoms with Crippen molar-refractivity contribution in [3.8, 4) is 11.8 Å². The first-order valence-electron chi connectivity index (χ1n) is 12.2. The van der Waals surface area contributed by atoms with Gasteiger partial charge in [-0.1, -0.05) is 6.07 Å². The lowest BCUT2D eigenvalue weighted by Gasteiger charge is -2.45. The SMILES string of the molecule is C[C@@H]1CN(c2ncnc3c(-n4cc(C#N)cn4)ccc(C4CC4)c23)[C@@H](C)CN1C(=O)OC(C)(C)C. The molecule has 2 atom stereocenters. The summed E-state index contributed by atoms with van der Waals surface area (Å²) in [5.41, 5.74) is 2.86. The van der Waals surface area contributed by atoms with Crippen molar-refractivity contribution in [3.63, 3.8) is 0 Å². The molecule has 0 spiro atoms. The van der Waals surface area contributed by atoms with Crippen LogP contribution in [0.15, 0.2) is 30.9 Å². The molecule has 9 heteroatoms. The van der Waals surface area contributed by atoms with Crippen LogP contribution < -0.4 is 4.90 Å². The van der Waals surface area contributed by atoms with Crippen LogP contribution in [0.5, 0.6) is 0 Å². The number of aromatic nitrogens is 4. The van der Waals surface area contributed by atoms with E-state index < -0.39 is 5.60 Å². The van der Waals surface area contributed by atoms with Crippen molar-refractivity contribution in [1.29, 1.82) is 5.26 Å². The Hall–Kier alpha value is -3.67. The number of carbonyl (C=O) groups is 1. The molecule has 0 unspecified atom stereocenters. The number of anilines is 1. The molecule has 3 aromatic rings. The Morgan fingerprint density at radius 3 is 2.57 bits per heavy atom. The molecule has 1 aliphatic heterocycles. The second-order valence-electron chi connectivity index (χ2n) is 10.6. The minimum atomic E-state index is -0.534. The van der Waals surface area contributed by atoms with E-state index in [2.05, 4.69) is 34.0 Å². The number of nitrogens with zero attached hydrogens (tertiary/aromatic N) is 7. The minimum absolute atomic E-state index is 0.0390. The zero-order chi connectivity index (χ0) is 24.9. The van der Waals surface area contributed by atoms with Gasteiger partial charge in [0.2, 0.25) is 0 Å². The molecule has 2 aliphatic rings. The first kappa shape index (κ1) is 23.1. The Bertz CT molecular complexity index is 1320. The number of hydrogen-bond donors (Lipinski definition) is 0. The molecule has 9 nitrogen and oxygen atoms in total.